The molecule has 0 unspecified atom stereocenters. The molecule has 0 aliphatic carbocycles. The summed E-state index contributed by atoms with van der Waals surface area (Å²) in [5, 5.41) is 8.00. The minimum Gasteiger partial charge on any atom is -0.278 e. The molecule has 0 fully saturated rings. The number of hydrogen-bond acceptors (Lipinski definition) is 4. The van der Waals surface area contributed by atoms with E-state index >= 15 is 0 Å². The molecule has 0 aliphatic rings. The van der Waals surface area contributed by atoms with E-state index in [1.807, 2.05) is 48.5 Å². The molecule has 4 nitrogen and oxygen atoms in total. The van der Waals surface area contributed by atoms with Crippen LogP contribution in [0.25, 0.3) is 11.1 Å². The number of nitrogens with one attached hydrogen (secondary N) is 2. The molecule has 8 heteroatoms. The Balaban J connectivity index is 1.35. The van der Waals surface area contributed by atoms with Gasteiger partial charge in [-0.1, -0.05) is 48.5 Å². The van der Waals surface area contributed by atoms with E-state index in [0.29, 0.717) is 0 Å². The van der Waals surface area contributed by atoms with Gasteiger partial charge in [0.25, 0.3) is 0 Å². The lowest BCUT2D eigenvalue weighted by Crippen LogP contribution is -1.93. The molecule has 0 radical (unpaired) electrons. The van der Waals surface area contributed by atoms with Crippen LogP contribution < -0.4 is 10.9 Å². The maximum Gasteiger partial charge on any atom is 0.128 e. The van der Waals surface area contributed by atoms with Gasteiger partial charge >= 0.3 is 0 Å². The maximum atomic E-state index is 13.2. The minimum absolute atomic E-state index is 0.215. The van der Waals surface area contributed by atoms with Crippen LogP contribution >= 0.6 is 0 Å². The molecule has 4 aromatic rings. The van der Waals surface area contributed by atoms with Crippen LogP contribution in [-0.4, -0.2) is 12.4 Å². The van der Waals surface area contributed by atoms with E-state index in [4.69, 9.17) is 0 Å². The van der Waals surface area contributed by atoms with E-state index in [9.17, 15) is 17.6 Å². The first-order valence-electron chi connectivity index (χ1n) is 10.2. The summed E-state index contributed by atoms with van der Waals surface area (Å²) in [7, 11) is 0. The lowest BCUT2D eigenvalue weighted by Gasteiger charge is -2.04. The van der Waals surface area contributed by atoms with Crippen molar-refractivity contribution in [3.8, 4) is 11.1 Å². The van der Waals surface area contributed by atoms with Crippen LogP contribution in [0.3, 0.4) is 0 Å². The summed E-state index contributed by atoms with van der Waals surface area (Å²) in [5.74, 6) is -2.73. The standard InChI is InChI=1S/C26H18F4N4/c27-21-9-22(28)12-25(11-21)33-31-15-17-1-5-19(6-2-17)20-7-3-18(4-8-20)16-32-34-26-13-23(29)10-24(30)14-26/h1-16,33-34H/b31-15+,32-16+. The Morgan fingerprint density at radius 1 is 0.471 bits per heavy atom. The van der Waals surface area contributed by atoms with Gasteiger partial charge in [0.05, 0.1) is 23.8 Å². The first kappa shape index (κ1) is 22.7. The summed E-state index contributed by atoms with van der Waals surface area (Å²) in [5.41, 5.74) is 9.19. The van der Waals surface area contributed by atoms with Crippen LogP contribution in [0.5, 0.6) is 0 Å². The van der Waals surface area contributed by atoms with Crippen LogP contribution in [0, 0.1) is 23.3 Å². The number of nitrogens with zero attached hydrogens (tertiary/aromatic N) is 2. The van der Waals surface area contributed by atoms with Gasteiger partial charge in [0.2, 0.25) is 0 Å². The summed E-state index contributed by atoms with van der Waals surface area (Å²) < 4.78 is 52.8. The van der Waals surface area contributed by atoms with Gasteiger partial charge in [0, 0.05) is 12.1 Å². The normalized spacial score (nSPS) is 11.3. The van der Waals surface area contributed by atoms with Crippen LogP contribution in [0.15, 0.2) is 95.1 Å². The molecule has 0 amide bonds. The largest absolute Gasteiger partial charge is 0.278 e. The molecular weight excluding hydrogens is 444 g/mol. The summed E-state index contributed by atoms with van der Waals surface area (Å²) >= 11 is 0. The first-order valence-corrected chi connectivity index (χ1v) is 10.2. The Morgan fingerprint density at radius 3 is 1.12 bits per heavy atom. The zero-order chi connectivity index (χ0) is 23.9. The fraction of sp³-hybridized carbons (Fsp3) is 0. The number of anilines is 2. The first-order chi connectivity index (χ1) is 16.4. The molecule has 0 heterocycles. The Labute approximate surface area is 193 Å². The van der Waals surface area contributed by atoms with Gasteiger partial charge in [-0.3, -0.25) is 10.9 Å². The monoisotopic (exact) mass is 462 g/mol. The summed E-state index contributed by atoms with van der Waals surface area (Å²) in [6.07, 6.45) is 3.09. The molecule has 0 spiro atoms. The molecule has 4 aromatic carbocycles. The minimum atomic E-state index is -0.683. The average Bonchev–Trinajstić information content (AvgIpc) is 2.79. The zero-order valence-electron chi connectivity index (χ0n) is 17.6. The van der Waals surface area contributed by atoms with E-state index in [0.717, 1.165) is 58.7 Å². The smallest absolute Gasteiger partial charge is 0.128 e. The quantitative estimate of drug-likeness (QED) is 0.180. The van der Waals surface area contributed by atoms with Crippen molar-refractivity contribution in [3.05, 3.63) is 119 Å². The summed E-state index contributed by atoms with van der Waals surface area (Å²) in [4.78, 5) is 0. The van der Waals surface area contributed by atoms with Crippen molar-refractivity contribution in [2.45, 2.75) is 0 Å². The Hall–Kier alpha value is -4.46. The second kappa shape index (κ2) is 10.4. The van der Waals surface area contributed by atoms with Crippen molar-refractivity contribution in [1.29, 1.82) is 0 Å². The second-order valence-corrected chi connectivity index (χ2v) is 7.30. The predicted molar refractivity (Wildman–Crippen MR) is 127 cm³/mol. The number of hydrogen-bond donors (Lipinski definition) is 2. The number of halogens is 4. The molecule has 0 aromatic heterocycles. The SMILES string of the molecule is Fc1cc(F)cc(N/N=C/c2ccc(-c3ccc(/C=N/Nc4cc(F)cc(F)c4)cc3)cc2)c1. The molecule has 0 saturated heterocycles. The molecular formula is C26H18F4N4. The maximum absolute atomic E-state index is 13.2. The predicted octanol–water partition coefficient (Wildman–Crippen LogP) is 6.80. The number of benzene rings is 4. The van der Waals surface area contributed by atoms with E-state index < -0.39 is 23.3 Å². The Kier molecular flexibility index (Phi) is 6.98. The summed E-state index contributed by atoms with van der Waals surface area (Å²) in [6, 6.07) is 21.3. The third-order valence-electron chi connectivity index (χ3n) is 4.69. The van der Waals surface area contributed by atoms with Crippen LogP contribution in [0.1, 0.15) is 11.1 Å². The highest BCUT2D eigenvalue weighted by molar-refractivity contribution is 5.83. The molecule has 4 rings (SSSR count). The van der Waals surface area contributed by atoms with Crippen molar-refractivity contribution in [3.63, 3.8) is 0 Å². The fourth-order valence-corrected chi connectivity index (χ4v) is 3.12. The van der Waals surface area contributed by atoms with Crippen molar-refractivity contribution in [2.75, 3.05) is 10.9 Å². The van der Waals surface area contributed by atoms with Gasteiger partial charge in [-0.05, 0) is 46.5 Å². The Morgan fingerprint density at radius 2 is 0.794 bits per heavy atom. The van der Waals surface area contributed by atoms with Crippen molar-refractivity contribution < 1.29 is 17.6 Å². The van der Waals surface area contributed by atoms with Gasteiger partial charge in [0.1, 0.15) is 23.3 Å². The third-order valence-corrected chi connectivity index (χ3v) is 4.69. The van der Waals surface area contributed by atoms with Crippen LogP contribution in [0.4, 0.5) is 28.9 Å². The van der Waals surface area contributed by atoms with Gasteiger partial charge in [-0.15, -0.1) is 0 Å². The Bertz CT molecular complexity index is 1190. The molecule has 0 atom stereocenters. The second-order valence-electron chi connectivity index (χ2n) is 7.30. The zero-order valence-corrected chi connectivity index (χ0v) is 17.6. The lowest BCUT2D eigenvalue weighted by molar-refractivity contribution is 0.583. The van der Waals surface area contributed by atoms with Gasteiger partial charge in [-0.25, -0.2) is 17.6 Å². The van der Waals surface area contributed by atoms with E-state index in [2.05, 4.69) is 21.1 Å². The van der Waals surface area contributed by atoms with Gasteiger partial charge < -0.3 is 0 Å². The highest BCUT2D eigenvalue weighted by atomic mass is 19.1. The van der Waals surface area contributed by atoms with E-state index in [-0.39, 0.29) is 11.4 Å². The van der Waals surface area contributed by atoms with Crippen molar-refractivity contribution in [2.24, 2.45) is 10.2 Å². The van der Waals surface area contributed by atoms with Crippen LogP contribution in [-0.2, 0) is 0 Å². The van der Waals surface area contributed by atoms with E-state index in [1.54, 1.807) is 12.4 Å². The molecule has 0 saturated carbocycles. The molecule has 0 aliphatic heterocycles. The van der Waals surface area contributed by atoms with Gasteiger partial charge in [0.15, 0.2) is 0 Å². The lowest BCUT2D eigenvalue weighted by atomic mass is 10.0. The topological polar surface area (TPSA) is 48.8 Å². The number of rotatable bonds is 7. The molecule has 170 valence electrons. The molecule has 34 heavy (non-hydrogen) atoms. The van der Waals surface area contributed by atoms with Crippen molar-refractivity contribution >= 4 is 23.8 Å². The average molecular weight is 462 g/mol. The van der Waals surface area contributed by atoms with E-state index in [1.165, 1.54) is 0 Å². The highest BCUT2D eigenvalue weighted by Crippen LogP contribution is 2.20. The molecule has 0 bridgehead atoms. The van der Waals surface area contributed by atoms with Crippen molar-refractivity contribution in [1.82, 2.24) is 0 Å². The van der Waals surface area contributed by atoms with Gasteiger partial charge in [-0.2, -0.15) is 10.2 Å². The molecule has 2 N–H and O–H groups in total. The highest BCUT2D eigenvalue weighted by Gasteiger charge is 2.01. The fourth-order valence-electron chi connectivity index (χ4n) is 3.12. The third kappa shape index (κ3) is 6.29. The number of hydrazone groups is 2. The van der Waals surface area contributed by atoms with Crippen LogP contribution in [0.2, 0.25) is 0 Å². The summed E-state index contributed by atoms with van der Waals surface area (Å²) in [6.45, 7) is 0.